The number of carboxylic acid groups (broad SMARTS) is 1. The molecule has 0 aromatic heterocycles. The number of likely N-dealkylation sites (N-methyl/N-ethyl adjacent to an activating group) is 1. The van der Waals surface area contributed by atoms with Crippen molar-refractivity contribution < 1.29 is 43.9 Å². The molecule has 0 radical (unpaired) electrons. The van der Waals surface area contributed by atoms with Crippen LogP contribution in [0.4, 0.5) is 4.79 Å². The third kappa shape index (κ3) is 5.22. The van der Waals surface area contributed by atoms with E-state index in [1.54, 1.807) is 13.0 Å². The first kappa shape index (κ1) is 26.0. The number of carbonyl (C=O) groups excluding carboxylic acids is 4. The molecule has 1 saturated heterocycles. The second-order valence-electron chi connectivity index (χ2n) is 8.47. The topological polar surface area (TPSA) is 186 Å². The van der Waals surface area contributed by atoms with Crippen LogP contribution in [0.5, 0.6) is 5.75 Å². The number of imide groups is 1. The number of aliphatic hydroxyl groups is 1. The van der Waals surface area contributed by atoms with E-state index in [2.05, 4.69) is 10.6 Å². The van der Waals surface area contributed by atoms with E-state index in [9.17, 15) is 39.2 Å². The van der Waals surface area contributed by atoms with Crippen molar-refractivity contribution in [3.8, 4) is 5.75 Å². The van der Waals surface area contributed by atoms with Gasteiger partial charge >= 0.3 is 30.9 Å². The molecule has 2 heterocycles. The van der Waals surface area contributed by atoms with Gasteiger partial charge in [0.15, 0.2) is 0 Å². The van der Waals surface area contributed by atoms with Gasteiger partial charge in [0, 0.05) is 32.7 Å². The fourth-order valence-electron chi connectivity index (χ4n) is 3.97. The molecule has 5 N–H and O–H groups in total. The summed E-state index contributed by atoms with van der Waals surface area (Å²) < 4.78 is 5.36. The number of nitrogens with zero attached hydrogens (tertiary/aromatic N) is 2. The highest BCUT2D eigenvalue weighted by Gasteiger charge is 2.44. The van der Waals surface area contributed by atoms with Gasteiger partial charge in [-0.1, -0.05) is 12.1 Å². The predicted octanol–water partition coefficient (Wildman–Crippen LogP) is -1.63. The Bertz CT molecular complexity index is 1050. The number of carboxylic acids is 1. The number of rotatable bonds is 7. The minimum absolute atomic E-state index is 0.00109. The standard InChI is InChI=1S/C21H27BN4O9/c1-3-25-8-9-26(17(29)16(25)28)20(33)24-21(2,7-10-27)19(32)23-14-11-12-5-4-6-13(18(30)31)15(12)35-22(14)34/h4-6,14,27,34H,3,7-11H2,1-2H3,(H,23,32)(H,24,33)(H,30,31)/t14-,21?/m0/s1. The van der Waals surface area contributed by atoms with Crippen molar-refractivity contribution in [2.24, 2.45) is 0 Å². The van der Waals surface area contributed by atoms with Crippen molar-refractivity contribution in [3.05, 3.63) is 29.3 Å². The first-order valence-corrected chi connectivity index (χ1v) is 11.1. The Balaban J connectivity index is 1.74. The second kappa shape index (κ2) is 10.3. The maximum atomic E-state index is 13.1. The number of aromatic carboxylic acids is 1. The van der Waals surface area contributed by atoms with Crippen LogP contribution in [-0.2, 0) is 20.8 Å². The van der Waals surface area contributed by atoms with Crippen LogP contribution < -0.4 is 15.3 Å². The lowest BCUT2D eigenvalue weighted by Crippen LogP contribution is -2.66. The first-order valence-electron chi connectivity index (χ1n) is 11.1. The van der Waals surface area contributed by atoms with Gasteiger partial charge in [-0.3, -0.25) is 19.3 Å². The van der Waals surface area contributed by atoms with Gasteiger partial charge in [0.2, 0.25) is 5.91 Å². The van der Waals surface area contributed by atoms with E-state index in [1.807, 2.05) is 0 Å². The van der Waals surface area contributed by atoms with Crippen LogP contribution in [0.25, 0.3) is 0 Å². The smallest absolute Gasteiger partial charge is 0.534 e. The summed E-state index contributed by atoms with van der Waals surface area (Å²) in [6.45, 7) is 2.95. The Morgan fingerprint density at radius 1 is 1.23 bits per heavy atom. The molecule has 1 aromatic rings. The summed E-state index contributed by atoms with van der Waals surface area (Å²) in [4.78, 5) is 63.8. The number of urea groups is 1. The summed E-state index contributed by atoms with van der Waals surface area (Å²) >= 11 is 0. The van der Waals surface area contributed by atoms with Gasteiger partial charge in [-0.25, -0.2) is 9.59 Å². The summed E-state index contributed by atoms with van der Waals surface area (Å²) in [6, 6.07) is 3.46. The molecule has 2 aliphatic rings. The number of nitrogens with one attached hydrogen (secondary N) is 2. The van der Waals surface area contributed by atoms with Crippen LogP contribution in [0.2, 0.25) is 0 Å². The maximum absolute atomic E-state index is 13.1. The van der Waals surface area contributed by atoms with E-state index in [4.69, 9.17) is 4.65 Å². The van der Waals surface area contributed by atoms with Gasteiger partial charge < -0.3 is 35.4 Å². The molecule has 0 spiro atoms. The number of aliphatic hydroxyl groups excluding tert-OH is 1. The number of para-hydroxylation sites is 1. The van der Waals surface area contributed by atoms with Crippen molar-refractivity contribution in [2.75, 3.05) is 26.2 Å². The van der Waals surface area contributed by atoms with Gasteiger partial charge in [0.1, 0.15) is 11.3 Å². The third-order valence-electron chi connectivity index (χ3n) is 6.10. The lowest BCUT2D eigenvalue weighted by Gasteiger charge is -2.36. The Hall–Kier alpha value is -3.65. The molecule has 0 saturated carbocycles. The molecule has 188 valence electrons. The molecule has 1 unspecified atom stereocenters. The zero-order valence-electron chi connectivity index (χ0n) is 19.3. The van der Waals surface area contributed by atoms with Crippen molar-refractivity contribution >= 4 is 36.8 Å². The number of carbonyl (C=O) groups is 5. The Kier molecular flexibility index (Phi) is 7.65. The molecule has 14 heteroatoms. The number of piperazine rings is 1. The Labute approximate surface area is 201 Å². The molecule has 1 fully saturated rings. The van der Waals surface area contributed by atoms with E-state index in [0.717, 1.165) is 0 Å². The van der Waals surface area contributed by atoms with Gasteiger partial charge in [0.25, 0.3) is 0 Å². The van der Waals surface area contributed by atoms with Gasteiger partial charge in [0.05, 0.1) is 11.5 Å². The summed E-state index contributed by atoms with van der Waals surface area (Å²) in [6.07, 6.45) is -0.191. The van der Waals surface area contributed by atoms with Crippen LogP contribution in [0.15, 0.2) is 18.2 Å². The van der Waals surface area contributed by atoms with Crippen molar-refractivity contribution in [1.82, 2.24) is 20.4 Å². The predicted molar refractivity (Wildman–Crippen MR) is 120 cm³/mol. The number of hydrogen-bond donors (Lipinski definition) is 5. The molecule has 1 aromatic carbocycles. The van der Waals surface area contributed by atoms with Crippen LogP contribution in [-0.4, -0.2) is 99.6 Å². The summed E-state index contributed by atoms with van der Waals surface area (Å²) in [5.74, 6) is -4.86. The molecule has 0 aliphatic carbocycles. The fourth-order valence-corrected chi connectivity index (χ4v) is 3.97. The highest BCUT2D eigenvalue weighted by Crippen LogP contribution is 2.30. The molecular formula is C21H27BN4O9. The van der Waals surface area contributed by atoms with E-state index < -0.39 is 54.9 Å². The SMILES string of the molecule is CCN1CCN(C(=O)NC(C)(CCO)C(=O)N[C@H]2Cc3cccc(C(=O)O)c3OB2O)C(=O)C1=O. The van der Waals surface area contributed by atoms with Crippen LogP contribution in [0.3, 0.4) is 0 Å². The minimum Gasteiger partial charge on any atom is -0.534 e. The number of amides is 5. The van der Waals surface area contributed by atoms with Gasteiger partial charge in [-0.15, -0.1) is 0 Å². The van der Waals surface area contributed by atoms with E-state index in [1.165, 1.54) is 24.0 Å². The minimum atomic E-state index is -1.71. The quantitative estimate of drug-likeness (QED) is 0.221. The summed E-state index contributed by atoms with van der Waals surface area (Å²) in [7, 11) is -1.58. The van der Waals surface area contributed by atoms with Gasteiger partial charge in [-0.2, -0.15) is 0 Å². The normalized spacial score (nSPS) is 19.4. The second-order valence-corrected chi connectivity index (χ2v) is 8.47. The highest BCUT2D eigenvalue weighted by atomic mass is 16.5. The lowest BCUT2D eigenvalue weighted by molar-refractivity contribution is -0.153. The third-order valence-corrected chi connectivity index (χ3v) is 6.10. The van der Waals surface area contributed by atoms with E-state index in [-0.39, 0.29) is 37.2 Å². The number of hydrogen-bond acceptors (Lipinski definition) is 8. The Morgan fingerprint density at radius 3 is 2.57 bits per heavy atom. The largest absolute Gasteiger partial charge is 0.547 e. The molecule has 13 nitrogen and oxygen atoms in total. The lowest BCUT2D eigenvalue weighted by atomic mass is 9.72. The van der Waals surface area contributed by atoms with E-state index >= 15 is 0 Å². The molecule has 2 atom stereocenters. The molecular weight excluding hydrogens is 463 g/mol. The summed E-state index contributed by atoms with van der Waals surface area (Å²) in [5, 5.41) is 34.2. The zero-order valence-corrected chi connectivity index (χ0v) is 19.3. The van der Waals surface area contributed by atoms with Gasteiger partial charge in [-0.05, 0) is 31.9 Å². The van der Waals surface area contributed by atoms with Crippen molar-refractivity contribution in [2.45, 2.75) is 38.2 Å². The average molecular weight is 490 g/mol. The van der Waals surface area contributed by atoms with Crippen LogP contribution >= 0.6 is 0 Å². The van der Waals surface area contributed by atoms with Crippen LogP contribution in [0.1, 0.15) is 36.2 Å². The zero-order chi connectivity index (χ0) is 25.9. The van der Waals surface area contributed by atoms with Crippen molar-refractivity contribution in [3.63, 3.8) is 0 Å². The average Bonchev–Trinajstić information content (AvgIpc) is 2.80. The highest BCUT2D eigenvalue weighted by molar-refractivity contribution is 6.47. The maximum Gasteiger partial charge on any atom is 0.547 e. The number of fused-ring (bicyclic) bond motifs is 1. The number of benzene rings is 1. The van der Waals surface area contributed by atoms with E-state index in [0.29, 0.717) is 17.0 Å². The first-order chi connectivity index (χ1) is 16.5. The Morgan fingerprint density at radius 2 is 1.94 bits per heavy atom. The molecule has 0 bridgehead atoms. The molecule has 35 heavy (non-hydrogen) atoms. The van der Waals surface area contributed by atoms with Crippen molar-refractivity contribution in [1.29, 1.82) is 0 Å². The fraction of sp³-hybridized carbons (Fsp3) is 0.476. The molecule has 5 amide bonds. The van der Waals surface area contributed by atoms with Crippen LogP contribution in [0, 0.1) is 0 Å². The molecule has 2 aliphatic heterocycles. The monoisotopic (exact) mass is 490 g/mol. The summed E-state index contributed by atoms with van der Waals surface area (Å²) in [5.41, 5.74) is -1.39. The molecule has 3 rings (SSSR count).